The van der Waals surface area contributed by atoms with Gasteiger partial charge in [0.2, 0.25) is 11.8 Å². The van der Waals surface area contributed by atoms with Gasteiger partial charge in [0.05, 0.1) is 25.0 Å². The van der Waals surface area contributed by atoms with Crippen LogP contribution in [-0.4, -0.2) is 60.1 Å². The molecule has 1 N–H and O–H groups in total. The molecular formula is C20H26N2O5. The van der Waals surface area contributed by atoms with E-state index in [0.717, 1.165) is 18.5 Å². The Hall–Kier alpha value is -2.41. The molecule has 0 aliphatic carbocycles. The van der Waals surface area contributed by atoms with Gasteiger partial charge in [0.25, 0.3) is 0 Å². The molecule has 2 atom stereocenters. The summed E-state index contributed by atoms with van der Waals surface area (Å²) in [6.07, 6.45) is 1.66. The first kappa shape index (κ1) is 19.4. The average Bonchev–Trinajstić information content (AvgIpc) is 3.03. The van der Waals surface area contributed by atoms with Crippen molar-refractivity contribution in [3.63, 3.8) is 0 Å². The summed E-state index contributed by atoms with van der Waals surface area (Å²) in [6.45, 7) is 3.52. The van der Waals surface area contributed by atoms with Crippen LogP contribution in [0.1, 0.15) is 31.7 Å². The van der Waals surface area contributed by atoms with Crippen molar-refractivity contribution in [3.05, 3.63) is 29.8 Å². The van der Waals surface area contributed by atoms with Crippen LogP contribution in [-0.2, 0) is 25.5 Å². The number of carboxylic acid groups (broad SMARTS) is 1. The molecule has 2 saturated heterocycles. The number of nitrogens with zero attached hydrogens (tertiary/aromatic N) is 2. The number of aliphatic carboxylic acids is 1. The molecule has 0 spiro atoms. The molecule has 2 fully saturated rings. The van der Waals surface area contributed by atoms with E-state index in [1.807, 2.05) is 24.3 Å². The van der Waals surface area contributed by atoms with Gasteiger partial charge in [-0.1, -0.05) is 25.5 Å². The number of rotatable bonds is 6. The maximum atomic E-state index is 12.8. The largest absolute Gasteiger partial charge is 0.481 e. The van der Waals surface area contributed by atoms with E-state index in [1.165, 1.54) is 5.56 Å². The summed E-state index contributed by atoms with van der Waals surface area (Å²) in [7, 11) is 0. The molecule has 27 heavy (non-hydrogen) atoms. The zero-order valence-corrected chi connectivity index (χ0v) is 15.6. The van der Waals surface area contributed by atoms with Crippen molar-refractivity contribution >= 4 is 23.5 Å². The highest BCUT2D eigenvalue weighted by molar-refractivity contribution is 6.00. The lowest BCUT2D eigenvalue weighted by molar-refractivity contribution is -0.149. The summed E-state index contributed by atoms with van der Waals surface area (Å²) in [5, 5.41) is 8.92. The van der Waals surface area contributed by atoms with E-state index in [2.05, 4.69) is 6.92 Å². The van der Waals surface area contributed by atoms with E-state index < -0.39 is 18.0 Å². The summed E-state index contributed by atoms with van der Waals surface area (Å²) < 4.78 is 5.42. The van der Waals surface area contributed by atoms with Crippen molar-refractivity contribution < 1.29 is 24.2 Å². The Kier molecular flexibility index (Phi) is 6.11. The van der Waals surface area contributed by atoms with Gasteiger partial charge in [-0.25, -0.2) is 0 Å². The van der Waals surface area contributed by atoms with E-state index in [9.17, 15) is 14.4 Å². The Morgan fingerprint density at radius 2 is 1.96 bits per heavy atom. The summed E-state index contributed by atoms with van der Waals surface area (Å²) >= 11 is 0. The quantitative estimate of drug-likeness (QED) is 0.819. The van der Waals surface area contributed by atoms with Gasteiger partial charge < -0.3 is 19.6 Å². The summed E-state index contributed by atoms with van der Waals surface area (Å²) in [6, 6.07) is 7.93. The van der Waals surface area contributed by atoms with Gasteiger partial charge in [-0.05, 0) is 24.1 Å². The van der Waals surface area contributed by atoms with Crippen LogP contribution >= 0.6 is 0 Å². The number of morpholine rings is 1. The highest BCUT2D eigenvalue weighted by atomic mass is 16.5. The number of hydrogen-bond donors (Lipinski definition) is 1. The normalized spacial score (nSPS) is 22.9. The molecule has 0 saturated carbocycles. The molecule has 1 aromatic rings. The van der Waals surface area contributed by atoms with Crippen molar-refractivity contribution in [1.29, 1.82) is 0 Å². The molecule has 0 bridgehead atoms. The highest BCUT2D eigenvalue weighted by Crippen LogP contribution is 2.27. The van der Waals surface area contributed by atoms with Crippen molar-refractivity contribution in [1.82, 2.24) is 4.90 Å². The SMILES string of the molecule is CCCc1ccc(N2CC(C(=O)N3CCOC(CC(=O)O)C3)CC2=O)cc1. The Morgan fingerprint density at radius 3 is 2.63 bits per heavy atom. The first-order valence-electron chi connectivity index (χ1n) is 9.49. The molecule has 3 rings (SSSR count). The number of benzene rings is 1. The van der Waals surface area contributed by atoms with Gasteiger partial charge in [0.1, 0.15) is 0 Å². The molecule has 2 aliphatic rings. The molecule has 2 aliphatic heterocycles. The van der Waals surface area contributed by atoms with Gasteiger partial charge >= 0.3 is 5.97 Å². The maximum absolute atomic E-state index is 12.8. The lowest BCUT2D eigenvalue weighted by Crippen LogP contribution is -2.48. The topological polar surface area (TPSA) is 87.2 Å². The first-order valence-corrected chi connectivity index (χ1v) is 9.49. The molecule has 2 amide bonds. The Labute approximate surface area is 158 Å². The fourth-order valence-corrected chi connectivity index (χ4v) is 3.75. The number of anilines is 1. The molecular weight excluding hydrogens is 348 g/mol. The number of hydrogen-bond acceptors (Lipinski definition) is 4. The molecule has 7 nitrogen and oxygen atoms in total. The van der Waals surface area contributed by atoms with Gasteiger partial charge in [-0.2, -0.15) is 0 Å². The number of carbonyl (C=O) groups is 3. The minimum absolute atomic E-state index is 0.0491. The molecule has 1 aromatic carbocycles. The molecule has 0 aromatic heterocycles. The minimum Gasteiger partial charge on any atom is -0.481 e. The van der Waals surface area contributed by atoms with Crippen LogP contribution < -0.4 is 4.90 Å². The van der Waals surface area contributed by atoms with Crippen molar-refractivity contribution in [2.75, 3.05) is 31.1 Å². The zero-order chi connectivity index (χ0) is 19.4. The number of carbonyl (C=O) groups excluding carboxylic acids is 2. The molecule has 7 heteroatoms. The lowest BCUT2D eigenvalue weighted by Gasteiger charge is -2.33. The second kappa shape index (κ2) is 8.52. The Balaban J connectivity index is 1.62. The Morgan fingerprint density at radius 1 is 1.22 bits per heavy atom. The monoisotopic (exact) mass is 374 g/mol. The second-order valence-electron chi connectivity index (χ2n) is 7.20. The third-order valence-electron chi connectivity index (χ3n) is 5.11. The minimum atomic E-state index is -0.942. The van der Waals surface area contributed by atoms with E-state index in [4.69, 9.17) is 9.84 Å². The summed E-state index contributed by atoms with van der Waals surface area (Å²) in [5.74, 6) is -1.47. The van der Waals surface area contributed by atoms with Crippen LogP contribution in [0.4, 0.5) is 5.69 Å². The summed E-state index contributed by atoms with van der Waals surface area (Å²) in [4.78, 5) is 39.5. The average molecular weight is 374 g/mol. The van der Waals surface area contributed by atoms with Gasteiger partial charge in [-0.3, -0.25) is 14.4 Å². The number of aryl methyl sites for hydroxylation is 1. The molecule has 2 unspecified atom stereocenters. The van der Waals surface area contributed by atoms with Crippen molar-refractivity contribution in [2.24, 2.45) is 5.92 Å². The standard InChI is InChI=1S/C20H26N2O5/c1-2-3-14-4-6-16(7-5-14)22-12-15(10-18(22)23)20(26)21-8-9-27-17(13-21)11-19(24)25/h4-7,15,17H,2-3,8-13H2,1H3,(H,24,25). The Bertz CT molecular complexity index is 703. The van der Waals surface area contributed by atoms with Crippen LogP contribution in [0.25, 0.3) is 0 Å². The van der Waals surface area contributed by atoms with Crippen LogP contribution in [0.2, 0.25) is 0 Å². The van der Waals surface area contributed by atoms with E-state index in [1.54, 1.807) is 9.80 Å². The van der Waals surface area contributed by atoms with Gasteiger partial charge in [-0.15, -0.1) is 0 Å². The van der Waals surface area contributed by atoms with Crippen LogP contribution in [0, 0.1) is 5.92 Å². The predicted octanol–water partition coefficient (Wildman–Crippen LogP) is 1.69. The number of ether oxygens (including phenoxy) is 1. The van der Waals surface area contributed by atoms with E-state index in [0.29, 0.717) is 19.7 Å². The fraction of sp³-hybridized carbons (Fsp3) is 0.550. The fourth-order valence-electron chi connectivity index (χ4n) is 3.75. The smallest absolute Gasteiger partial charge is 0.306 e. The van der Waals surface area contributed by atoms with Crippen molar-refractivity contribution in [2.45, 2.75) is 38.7 Å². The molecule has 0 radical (unpaired) electrons. The zero-order valence-electron chi connectivity index (χ0n) is 15.6. The van der Waals surface area contributed by atoms with Gasteiger partial charge in [0, 0.05) is 31.7 Å². The van der Waals surface area contributed by atoms with Crippen LogP contribution in [0.3, 0.4) is 0 Å². The number of carboxylic acids is 1. The second-order valence-corrected chi connectivity index (χ2v) is 7.20. The third-order valence-corrected chi connectivity index (χ3v) is 5.11. The number of amides is 2. The van der Waals surface area contributed by atoms with E-state index in [-0.39, 0.29) is 31.2 Å². The third kappa shape index (κ3) is 4.66. The van der Waals surface area contributed by atoms with Crippen LogP contribution in [0.5, 0.6) is 0 Å². The van der Waals surface area contributed by atoms with Gasteiger partial charge in [0.15, 0.2) is 0 Å². The predicted molar refractivity (Wildman–Crippen MR) is 99.5 cm³/mol. The molecule has 2 heterocycles. The van der Waals surface area contributed by atoms with E-state index >= 15 is 0 Å². The molecule has 146 valence electrons. The summed E-state index contributed by atoms with van der Waals surface area (Å²) in [5.41, 5.74) is 2.05. The maximum Gasteiger partial charge on any atom is 0.306 e. The first-order chi connectivity index (χ1) is 13.0. The van der Waals surface area contributed by atoms with Crippen molar-refractivity contribution in [3.8, 4) is 0 Å². The highest BCUT2D eigenvalue weighted by Gasteiger charge is 2.38. The lowest BCUT2D eigenvalue weighted by atomic mass is 10.1. The van der Waals surface area contributed by atoms with Crippen LogP contribution in [0.15, 0.2) is 24.3 Å².